The van der Waals surface area contributed by atoms with Crippen molar-refractivity contribution in [3.63, 3.8) is 0 Å². The van der Waals surface area contributed by atoms with E-state index in [-0.39, 0.29) is 5.91 Å². The van der Waals surface area contributed by atoms with Gasteiger partial charge >= 0.3 is 0 Å². The van der Waals surface area contributed by atoms with E-state index >= 15 is 0 Å². The van der Waals surface area contributed by atoms with Gasteiger partial charge in [0.2, 0.25) is 0 Å². The van der Waals surface area contributed by atoms with Gasteiger partial charge in [0.1, 0.15) is 5.69 Å². The van der Waals surface area contributed by atoms with E-state index < -0.39 is 0 Å². The van der Waals surface area contributed by atoms with E-state index in [9.17, 15) is 4.79 Å². The molecule has 0 aliphatic heterocycles. The molecule has 0 radical (unpaired) electrons. The molecule has 0 atom stereocenters. The molecule has 1 N–H and O–H groups in total. The first-order valence-electron chi connectivity index (χ1n) is 8.01. The Balaban J connectivity index is 1.50. The first-order chi connectivity index (χ1) is 10.1. The van der Waals surface area contributed by atoms with E-state index in [4.69, 9.17) is 0 Å². The number of hydrogen-bond acceptors (Lipinski definition) is 2. The maximum absolute atomic E-state index is 12.3. The maximum Gasteiger partial charge on any atom is 0.268 e. The van der Waals surface area contributed by atoms with Crippen LogP contribution in [0.25, 0.3) is 0 Å². The van der Waals surface area contributed by atoms with Crippen LogP contribution >= 0.6 is 15.9 Å². The standard InChI is InChI=1S/C16H24BrN3O/c1-19(13-4-2-3-5-13)9-8-18-16(21)15-10-12(17)11-20(15)14-6-7-14/h10-11,13-14H,2-9H2,1H3,(H,18,21). The highest BCUT2D eigenvalue weighted by Gasteiger charge is 2.27. The van der Waals surface area contributed by atoms with Crippen LogP contribution in [0.2, 0.25) is 0 Å². The Hall–Kier alpha value is -0.810. The highest BCUT2D eigenvalue weighted by Crippen LogP contribution is 2.37. The number of likely N-dealkylation sites (N-methyl/N-ethyl adjacent to an activating group) is 1. The Morgan fingerprint density at radius 2 is 2.10 bits per heavy atom. The predicted molar refractivity (Wildman–Crippen MR) is 87.6 cm³/mol. The highest BCUT2D eigenvalue weighted by atomic mass is 79.9. The van der Waals surface area contributed by atoms with Gasteiger partial charge in [-0.3, -0.25) is 4.79 Å². The van der Waals surface area contributed by atoms with E-state index in [1.165, 1.54) is 38.5 Å². The summed E-state index contributed by atoms with van der Waals surface area (Å²) >= 11 is 3.47. The Morgan fingerprint density at radius 3 is 2.76 bits per heavy atom. The fraction of sp³-hybridized carbons (Fsp3) is 0.688. The average Bonchev–Trinajstić information content (AvgIpc) is 3.00. The van der Waals surface area contributed by atoms with Gasteiger partial charge in [-0.15, -0.1) is 0 Å². The number of carbonyl (C=O) groups is 1. The number of hydrogen-bond donors (Lipinski definition) is 1. The largest absolute Gasteiger partial charge is 0.349 e. The zero-order chi connectivity index (χ0) is 14.8. The van der Waals surface area contributed by atoms with Crippen molar-refractivity contribution >= 4 is 21.8 Å². The zero-order valence-corrected chi connectivity index (χ0v) is 14.2. The minimum atomic E-state index is 0.0485. The monoisotopic (exact) mass is 353 g/mol. The quantitative estimate of drug-likeness (QED) is 0.852. The zero-order valence-electron chi connectivity index (χ0n) is 12.6. The lowest BCUT2D eigenvalue weighted by Crippen LogP contribution is -2.37. The van der Waals surface area contributed by atoms with Crippen molar-refractivity contribution in [1.82, 2.24) is 14.8 Å². The summed E-state index contributed by atoms with van der Waals surface area (Å²) in [5.74, 6) is 0.0485. The number of carbonyl (C=O) groups excluding carboxylic acids is 1. The average molecular weight is 354 g/mol. The molecule has 2 saturated carbocycles. The summed E-state index contributed by atoms with van der Waals surface area (Å²) in [5.41, 5.74) is 0.785. The third-order valence-corrected chi connectivity index (χ3v) is 5.12. The number of rotatable bonds is 6. The molecule has 1 heterocycles. The fourth-order valence-electron chi connectivity index (χ4n) is 3.25. The molecule has 1 amide bonds. The topological polar surface area (TPSA) is 37.3 Å². The van der Waals surface area contributed by atoms with E-state index in [0.29, 0.717) is 12.1 Å². The van der Waals surface area contributed by atoms with E-state index in [1.54, 1.807) is 0 Å². The third-order valence-electron chi connectivity index (χ3n) is 4.69. The van der Waals surface area contributed by atoms with Crippen molar-refractivity contribution in [1.29, 1.82) is 0 Å². The van der Waals surface area contributed by atoms with Crippen LogP contribution in [0.1, 0.15) is 55.1 Å². The van der Waals surface area contributed by atoms with Crippen LogP contribution < -0.4 is 5.32 Å². The second kappa shape index (κ2) is 6.53. The predicted octanol–water partition coefficient (Wildman–Crippen LogP) is 3.19. The summed E-state index contributed by atoms with van der Waals surface area (Å²) in [6.45, 7) is 1.65. The van der Waals surface area contributed by atoms with Gasteiger partial charge in [0.05, 0.1) is 0 Å². The Morgan fingerprint density at radius 1 is 1.38 bits per heavy atom. The molecule has 3 rings (SSSR count). The number of aromatic nitrogens is 1. The van der Waals surface area contributed by atoms with Crippen molar-refractivity contribution in [2.24, 2.45) is 0 Å². The van der Waals surface area contributed by atoms with Gasteiger partial charge in [-0.1, -0.05) is 12.8 Å². The molecular formula is C16H24BrN3O. The molecule has 0 bridgehead atoms. The van der Waals surface area contributed by atoms with Crippen molar-refractivity contribution in [2.45, 2.75) is 50.6 Å². The van der Waals surface area contributed by atoms with Gasteiger partial charge in [0.25, 0.3) is 5.91 Å². The maximum atomic E-state index is 12.3. The molecule has 21 heavy (non-hydrogen) atoms. The summed E-state index contributed by atoms with van der Waals surface area (Å²) in [7, 11) is 2.17. The lowest BCUT2D eigenvalue weighted by Gasteiger charge is -2.23. The number of nitrogens with zero attached hydrogens (tertiary/aromatic N) is 2. The molecule has 0 unspecified atom stereocenters. The third kappa shape index (κ3) is 3.69. The molecule has 0 spiro atoms. The Kier molecular flexibility index (Phi) is 4.69. The van der Waals surface area contributed by atoms with E-state index in [2.05, 4.69) is 37.8 Å². The van der Waals surface area contributed by atoms with Gasteiger partial charge in [0, 0.05) is 35.8 Å². The Bertz CT molecular complexity index is 504. The van der Waals surface area contributed by atoms with Crippen LogP contribution in [0.15, 0.2) is 16.7 Å². The molecule has 0 aromatic carbocycles. The van der Waals surface area contributed by atoms with Crippen LogP contribution in [0, 0.1) is 0 Å². The molecule has 2 aliphatic rings. The lowest BCUT2D eigenvalue weighted by molar-refractivity contribution is 0.0937. The minimum absolute atomic E-state index is 0.0485. The van der Waals surface area contributed by atoms with Crippen molar-refractivity contribution < 1.29 is 4.79 Å². The number of nitrogens with one attached hydrogen (secondary N) is 1. The summed E-state index contributed by atoms with van der Waals surface area (Å²) in [5, 5.41) is 3.07. The Labute approximate surface area is 135 Å². The van der Waals surface area contributed by atoms with Gasteiger partial charge in [-0.2, -0.15) is 0 Å². The highest BCUT2D eigenvalue weighted by molar-refractivity contribution is 9.10. The molecule has 2 fully saturated rings. The molecule has 4 nitrogen and oxygen atoms in total. The SMILES string of the molecule is CN(CCNC(=O)c1cc(Br)cn1C1CC1)C1CCCC1. The summed E-state index contributed by atoms with van der Waals surface area (Å²) in [6, 6.07) is 3.17. The molecule has 1 aromatic heterocycles. The second-order valence-corrected chi connectivity index (χ2v) is 7.27. The van der Waals surface area contributed by atoms with E-state index in [1.807, 2.05) is 12.3 Å². The smallest absolute Gasteiger partial charge is 0.268 e. The molecule has 2 aliphatic carbocycles. The first kappa shape index (κ1) is 15.1. The molecule has 0 saturated heterocycles. The summed E-state index contributed by atoms with van der Waals surface area (Å²) in [4.78, 5) is 14.7. The fourth-order valence-corrected chi connectivity index (χ4v) is 3.68. The van der Waals surface area contributed by atoms with Crippen LogP contribution in [-0.2, 0) is 0 Å². The van der Waals surface area contributed by atoms with Crippen LogP contribution in [0.5, 0.6) is 0 Å². The molecular weight excluding hydrogens is 330 g/mol. The molecule has 1 aromatic rings. The second-order valence-electron chi connectivity index (χ2n) is 6.36. The first-order valence-corrected chi connectivity index (χ1v) is 8.80. The minimum Gasteiger partial charge on any atom is -0.349 e. The van der Waals surface area contributed by atoms with Crippen LogP contribution in [0.3, 0.4) is 0 Å². The van der Waals surface area contributed by atoms with Gasteiger partial charge in [0.15, 0.2) is 0 Å². The van der Waals surface area contributed by atoms with Gasteiger partial charge in [-0.25, -0.2) is 0 Å². The summed E-state index contributed by atoms with van der Waals surface area (Å²) < 4.78 is 3.10. The van der Waals surface area contributed by atoms with Crippen molar-refractivity contribution in [3.8, 4) is 0 Å². The van der Waals surface area contributed by atoms with Crippen molar-refractivity contribution in [3.05, 3.63) is 22.4 Å². The molecule has 5 heteroatoms. The van der Waals surface area contributed by atoms with Crippen molar-refractivity contribution in [2.75, 3.05) is 20.1 Å². The molecule has 116 valence electrons. The van der Waals surface area contributed by atoms with Crippen LogP contribution in [0.4, 0.5) is 0 Å². The normalized spacial score (nSPS) is 19.4. The number of amides is 1. The summed E-state index contributed by atoms with van der Waals surface area (Å²) in [6.07, 6.45) is 9.72. The van der Waals surface area contributed by atoms with E-state index in [0.717, 1.165) is 23.3 Å². The number of halogens is 1. The van der Waals surface area contributed by atoms with Gasteiger partial charge in [-0.05, 0) is 54.7 Å². The van der Waals surface area contributed by atoms with Crippen LogP contribution in [-0.4, -0.2) is 41.6 Å². The van der Waals surface area contributed by atoms with Gasteiger partial charge < -0.3 is 14.8 Å². The lowest BCUT2D eigenvalue weighted by atomic mass is 10.2.